The van der Waals surface area contributed by atoms with E-state index in [9.17, 15) is 10.4 Å². The van der Waals surface area contributed by atoms with Gasteiger partial charge in [0.2, 0.25) is 0 Å². The predicted octanol–water partition coefficient (Wildman–Crippen LogP) is 0.847. The lowest BCUT2D eigenvalue weighted by Crippen LogP contribution is -3.26. The number of hydrazine groups is 1. The smallest absolute Gasteiger partial charge is 0.127 e. The lowest BCUT2D eigenvalue weighted by atomic mass is 9.87. The summed E-state index contributed by atoms with van der Waals surface area (Å²) >= 11 is 2.61. The monoisotopic (exact) mass is 494 g/mol. The van der Waals surface area contributed by atoms with Gasteiger partial charge in [0.15, 0.2) is 0 Å². The molecule has 8 heteroatoms. The summed E-state index contributed by atoms with van der Waals surface area (Å²) in [6.45, 7) is 0. The summed E-state index contributed by atoms with van der Waals surface area (Å²) < 4.78 is 0.836. The maximum atomic E-state index is 11.3. The molecule has 7 nitrogen and oxygen atoms in total. The van der Waals surface area contributed by atoms with Crippen LogP contribution < -0.4 is 21.2 Å². The van der Waals surface area contributed by atoms with E-state index in [4.69, 9.17) is 0 Å². The molecule has 5 N–H and O–H groups in total. The standard InChI is InChI=1S/C19H36IN5O2/c20-15-6-8-16(9-7-15)23-21-19(14-4-2-1-3-5-14)22-24(23)17-10-12-18(13-11-17)25(26)27/h14-19,21-22,25-26H,1-13H2/p+1. The highest BCUT2D eigenvalue weighted by Gasteiger charge is 2.46. The van der Waals surface area contributed by atoms with Gasteiger partial charge < -0.3 is 5.21 Å². The van der Waals surface area contributed by atoms with Crippen molar-refractivity contribution >= 4 is 22.6 Å². The topological polar surface area (TPSA) is 79.5 Å². The van der Waals surface area contributed by atoms with Gasteiger partial charge in [-0.2, -0.15) is 10.5 Å². The van der Waals surface area contributed by atoms with Crippen molar-refractivity contribution in [2.45, 2.75) is 112 Å². The Morgan fingerprint density at radius 2 is 1.59 bits per heavy atom. The van der Waals surface area contributed by atoms with Gasteiger partial charge in [0.1, 0.15) is 18.2 Å². The van der Waals surface area contributed by atoms with E-state index in [1.807, 2.05) is 0 Å². The minimum absolute atomic E-state index is 0.135. The molecule has 0 radical (unpaired) electrons. The summed E-state index contributed by atoms with van der Waals surface area (Å²) in [5.74, 6) is 0.732. The molecular weight excluding hydrogens is 457 g/mol. The van der Waals surface area contributed by atoms with Gasteiger partial charge >= 0.3 is 0 Å². The molecule has 4 aliphatic rings. The Labute approximate surface area is 176 Å². The number of nitrogens with one attached hydrogen (secondary N) is 4. The van der Waals surface area contributed by atoms with Crippen LogP contribution in [0.25, 0.3) is 0 Å². The summed E-state index contributed by atoms with van der Waals surface area (Å²) in [5.41, 5.74) is 7.81. The first-order valence-electron chi connectivity index (χ1n) is 11.2. The van der Waals surface area contributed by atoms with Gasteiger partial charge in [0.05, 0.1) is 6.04 Å². The number of rotatable bonds is 4. The molecule has 0 aromatic carbocycles. The van der Waals surface area contributed by atoms with E-state index in [-0.39, 0.29) is 6.04 Å². The molecule has 0 bridgehead atoms. The van der Waals surface area contributed by atoms with Gasteiger partial charge in [0.25, 0.3) is 0 Å². The Bertz CT molecular complexity index is 463. The van der Waals surface area contributed by atoms with E-state index in [2.05, 4.69) is 38.6 Å². The normalized spacial score (nSPS) is 43.7. The second-order valence-corrected chi connectivity index (χ2v) is 11.0. The van der Waals surface area contributed by atoms with Gasteiger partial charge in [-0.25, -0.2) is 10.4 Å². The van der Waals surface area contributed by atoms with E-state index in [0.29, 0.717) is 18.2 Å². The fraction of sp³-hybridized carbons (Fsp3) is 1.00. The molecule has 3 atom stereocenters. The quantitative estimate of drug-likeness (QED) is 0.228. The van der Waals surface area contributed by atoms with Crippen LogP contribution in [0.4, 0.5) is 0 Å². The maximum Gasteiger partial charge on any atom is 0.127 e. The molecule has 0 aromatic heterocycles. The fourth-order valence-corrected chi connectivity index (χ4v) is 6.41. The number of hydrogen-bond acceptors (Lipinski definition) is 5. The molecule has 1 aliphatic heterocycles. The van der Waals surface area contributed by atoms with Crippen LogP contribution in [-0.4, -0.2) is 38.5 Å². The van der Waals surface area contributed by atoms with E-state index < -0.39 is 5.23 Å². The van der Waals surface area contributed by atoms with Crippen molar-refractivity contribution in [3.05, 3.63) is 5.21 Å². The van der Waals surface area contributed by atoms with Crippen LogP contribution >= 0.6 is 22.6 Å². The summed E-state index contributed by atoms with van der Waals surface area (Å²) in [5, 5.41) is 24.0. The van der Waals surface area contributed by atoms with Gasteiger partial charge in [-0.05, 0) is 44.4 Å². The minimum atomic E-state index is -0.606. The number of alkyl halides is 1. The molecule has 0 aromatic rings. The Balaban J connectivity index is 1.42. The van der Waals surface area contributed by atoms with E-state index >= 15 is 0 Å². The first kappa shape index (κ1) is 20.7. The highest BCUT2D eigenvalue weighted by molar-refractivity contribution is 14.1. The minimum Gasteiger partial charge on any atom is -0.600 e. The SMILES string of the molecule is [O-][NH+](O)C1CCC(N2NC(C3CCCCC3)N[NH+]2C2CCC(I)CC2)CC1. The van der Waals surface area contributed by atoms with Crippen LogP contribution in [0.5, 0.6) is 0 Å². The lowest BCUT2D eigenvalue weighted by Gasteiger charge is -2.39. The molecule has 27 heavy (non-hydrogen) atoms. The van der Waals surface area contributed by atoms with Crippen molar-refractivity contribution < 1.29 is 15.6 Å². The zero-order chi connectivity index (χ0) is 18.8. The third-order valence-corrected chi connectivity index (χ3v) is 8.66. The first-order chi connectivity index (χ1) is 13.1. The van der Waals surface area contributed by atoms with Crippen LogP contribution in [0, 0.1) is 11.1 Å². The average Bonchev–Trinajstić information content (AvgIpc) is 3.15. The maximum absolute atomic E-state index is 11.3. The van der Waals surface area contributed by atoms with E-state index in [1.165, 1.54) is 62.9 Å². The van der Waals surface area contributed by atoms with Crippen LogP contribution in [0.1, 0.15) is 83.5 Å². The van der Waals surface area contributed by atoms with Gasteiger partial charge in [0, 0.05) is 29.6 Å². The van der Waals surface area contributed by atoms with Crippen molar-refractivity contribution in [3.8, 4) is 0 Å². The number of nitrogens with zero attached hydrogens (tertiary/aromatic N) is 1. The molecule has 3 unspecified atom stereocenters. The van der Waals surface area contributed by atoms with Gasteiger partial charge in [-0.3, -0.25) is 0 Å². The van der Waals surface area contributed by atoms with Crippen LogP contribution in [-0.2, 0) is 0 Å². The van der Waals surface area contributed by atoms with Crippen molar-refractivity contribution in [1.82, 2.24) is 16.0 Å². The Hall–Kier alpha value is 0.450. The second-order valence-electron chi connectivity index (χ2n) is 9.20. The molecule has 3 aliphatic carbocycles. The third kappa shape index (κ3) is 4.96. The largest absolute Gasteiger partial charge is 0.600 e. The summed E-state index contributed by atoms with van der Waals surface area (Å²) in [6.07, 6.45) is 16.0. The molecule has 1 saturated heterocycles. The summed E-state index contributed by atoms with van der Waals surface area (Å²) in [6, 6.07) is 0.965. The van der Waals surface area contributed by atoms with Crippen LogP contribution in [0.2, 0.25) is 0 Å². The zero-order valence-electron chi connectivity index (χ0n) is 16.3. The molecule has 4 fully saturated rings. The molecule has 1 heterocycles. The molecule has 3 saturated carbocycles. The molecule has 0 amide bonds. The van der Waals surface area contributed by atoms with Gasteiger partial charge in [-0.1, -0.05) is 47.0 Å². The zero-order valence-corrected chi connectivity index (χ0v) is 18.5. The molecule has 156 valence electrons. The van der Waals surface area contributed by atoms with Crippen molar-refractivity contribution in [3.63, 3.8) is 0 Å². The Morgan fingerprint density at radius 1 is 0.926 bits per heavy atom. The number of hydroxylamine groups is 2. The van der Waals surface area contributed by atoms with Crippen molar-refractivity contribution in [2.24, 2.45) is 5.92 Å². The number of halogens is 1. The molecular formula is C19H37IN5O2+. The van der Waals surface area contributed by atoms with E-state index in [0.717, 1.165) is 35.5 Å². The highest BCUT2D eigenvalue weighted by Crippen LogP contribution is 2.28. The second kappa shape index (κ2) is 9.51. The average molecular weight is 494 g/mol. The molecule has 0 spiro atoms. The first-order valence-corrected chi connectivity index (χ1v) is 12.4. The molecule has 4 rings (SSSR count). The van der Waals surface area contributed by atoms with Crippen LogP contribution in [0.3, 0.4) is 0 Å². The van der Waals surface area contributed by atoms with Crippen molar-refractivity contribution in [1.29, 1.82) is 0 Å². The lowest BCUT2D eigenvalue weighted by molar-refractivity contribution is -1.07. The Kier molecular flexibility index (Phi) is 7.29. The summed E-state index contributed by atoms with van der Waals surface area (Å²) in [4.78, 5) is 0. The van der Waals surface area contributed by atoms with Crippen LogP contribution in [0.15, 0.2) is 0 Å². The van der Waals surface area contributed by atoms with Crippen molar-refractivity contribution in [2.75, 3.05) is 0 Å². The fourth-order valence-electron chi connectivity index (χ4n) is 5.70. The number of quaternary nitrogens is 2. The highest BCUT2D eigenvalue weighted by atomic mass is 127. The third-order valence-electron chi connectivity index (χ3n) is 7.42. The Morgan fingerprint density at radius 3 is 2.22 bits per heavy atom. The van der Waals surface area contributed by atoms with E-state index in [1.54, 1.807) is 0 Å². The summed E-state index contributed by atoms with van der Waals surface area (Å²) in [7, 11) is 0. The van der Waals surface area contributed by atoms with Gasteiger partial charge in [-0.15, -0.1) is 5.43 Å². The number of hydrogen-bond donors (Lipinski definition) is 5. The predicted molar refractivity (Wildman–Crippen MR) is 112 cm³/mol.